The Morgan fingerprint density at radius 2 is 1.94 bits per heavy atom. The number of nitrogens with zero attached hydrogens (tertiary/aromatic N) is 1. The number of aliphatic hydroxyl groups is 1. The summed E-state index contributed by atoms with van der Waals surface area (Å²) in [5.74, 6) is 0. The molecule has 0 bridgehead atoms. The third-order valence-electron chi connectivity index (χ3n) is 4.48. The highest BCUT2D eigenvalue weighted by molar-refractivity contribution is 4.81. The Bertz CT molecular complexity index is 251. The van der Waals surface area contributed by atoms with Crippen LogP contribution in [0.3, 0.4) is 0 Å². The number of aliphatic hydroxyl groups excluding tert-OH is 1. The highest BCUT2D eigenvalue weighted by atomic mass is 16.5. The Balaban J connectivity index is 2.35. The summed E-state index contributed by atoms with van der Waals surface area (Å²) in [5, 5.41) is 10.1. The van der Waals surface area contributed by atoms with Crippen molar-refractivity contribution in [1.82, 2.24) is 4.90 Å². The van der Waals surface area contributed by atoms with Gasteiger partial charge in [0.15, 0.2) is 0 Å². The first kappa shape index (κ1) is 15.9. The van der Waals surface area contributed by atoms with Gasteiger partial charge >= 0.3 is 0 Å². The molecule has 0 aromatic heterocycles. The van der Waals surface area contributed by atoms with Gasteiger partial charge in [-0.25, -0.2) is 0 Å². The number of methoxy groups -OCH3 is 1. The van der Waals surface area contributed by atoms with Crippen LogP contribution >= 0.6 is 0 Å². The second-order valence-electron chi connectivity index (χ2n) is 6.97. The van der Waals surface area contributed by atoms with E-state index in [1.54, 1.807) is 7.11 Å². The summed E-state index contributed by atoms with van der Waals surface area (Å²) in [6.07, 6.45) is 4.25. The van der Waals surface area contributed by atoms with Gasteiger partial charge in [-0.05, 0) is 58.0 Å². The fraction of sp³-hybridized carbons (Fsp3) is 1.00. The van der Waals surface area contributed by atoms with Crippen molar-refractivity contribution in [3.63, 3.8) is 0 Å². The van der Waals surface area contributed by atoms with E-state index in [9.17, 15) is 5.11 Å². The largest absolute Gasteiger partial charge is 0.390 e. The van der Waals surface area contributed by atoms with Gasteiger partial charge < -0.3 is 14.7 Å². The van der Waals surface area contributed by atoms with Crippen LogP contribution in [0.2, 0.25) is 0 Å². The molecule has 1 saturated heterocycles. The van der Waals surface area contributed by atoms with Crippen LogP contribution in [0.4, 0.5) is 0 Å². The molecule has 0 aromatic carbocycles. The molecule has 0 aliphatic carbocycles. The number of hydrogen-bond donors (Lipinski definition) is 1. The monoisotopic (exact) mass is 257 g/mol. The average Bonchev–Trinajstić information content (AvgIpc) is 2.47. The third kappa shape index (κ3) is 4.87. The van der Waals surface area contributed by atoms with Gasteiger partial charge in [-0.2, -0.15) is 0 Å². The van der Waals surface area contributed by atoms with Gasteiger partial charge in [0.1, 0.15) is 0 Å². The maximum atomic E-state index is 10.1. The van der Waals surface area contributed by atoms with E-state index in [0.717, 1.165) is 19.5 Å². The molecular formula is C15H31NO2. The Labute approximate surface area is 113 Å². The Hall–Kier alpha value is -0.120. The third-order valence-corrected chi connectivity index (χ3v) is 4.48. The first-order valence-electron chi connectivity index (χ1n) is 7.22. The molecule has 1 aliphatic rings. The molecule has 1 aliphatic heterocycles. The molecule has 0 spiro atoms. The molecule has 1 rings (SSSR count). The van der Waals surface area contributed by atoms with Gasteiger partial charge in [-0.1, -0.05) is 13.8 Å². The van der Waals surface area contributed by atoms with Crippen LogP contribution in [0.15, 0.2) is 0 Å². The van der Waals surface area contributed by atoms with Gasteiger partial charge in [-0.15, -0.1) is 0 Å². The summed E-state index contributed by atoms with van der Waals surface area (Å²) < 4.78 is 5.33. The fourth-order valence-electron chi connectivity index (χ4n) is 2.49. The molecule has 18 heavy (non-hydrogen) atoms. The molecule has 1 fully saturated rings. The summed E-state index contributed by atoms with van der Waals surface area (Å²) in [7, 11) is 1.66. The molecule has 1 heterocycles. The number of rotatable bonds is 5. The van der Waals surface area contributed by atoms with Crippen LogP contribution in [0, 0.1) is 5.41 Å². The van der Waals surface area contributed by atoms with Gasteiger partial charge in [0, 0.05) is 13.7 Å². The molecule has 108 valence electrons. The maximum Gasteiger partial charge on any atom is 0.0880 e. The van der Waals surface area contributed by atoms with E-state index in [0.29, 0.717) is 5.41 Å². The van der Waals surface area contributed by atoms with Crippen LogP contribution in [0.1, 0.15) is 53.4 Å². The number of ether oxygens (including phenoxy) is 1. The normalized spacial score (nSPS) is 23.7. The molecular weight excluding hydrogens is 226 g/mol. The topological polar surface area (TPSA) is 32.7 Å². The van der Waals surface area contributed by atoms with Gasteiger partial charge in [0.2, 0.25) is 0 Å². The molecule has 1 unspecified atom stereocenters. The number of hydrogen-bond acceptors (Lipinski definition) is 3. The van der Waals surface area contributed by atoms with Crippen molar-refractivity contribution in [3.05, 3.63) is 0 Å². The van der Waals surface area contributed by atoms with E-state index >= 15 is 0 Å². The minimum atomic E-state index is -0.439. The highest BCUT2D eigenvalue weighted by Gasteiger charge is 2.28. The van der Waals surface area contributed by atoms with Crippen LogP contribution in [-0.4, -0.2) is 48.5 Å². The van der Waals surface area contributed by atoms with E-state index in [1.165, 1.54) is 25.8 Å². The molecule has 0 saturated carbocycles. The Morgan fingerprint density at radius 3 is 2.56 bits per heavy atom. The lowest BCUT2D eigenvalue weighted by Gasteiger charge is -2.31. The minimum Gasteiger partial charge on any atom is -0.390 e. The van der Waals surface area contributed by atoms with Crippen LogP contribution in [0.5, 0.6) is 0 Å². The SMILES string of the molecule is COC(C)(C)C(O)CCN1CCCC(C)(C)CC1. The highest BCUT2D eigenvalue weighted by Crippen LogP contribution is 2.30. The Kier molecular flexibility index (Phi) is 5.63. The molecule has 0 aromatic rings. The summed E-state index contributed by atoms with van der Waals surface area (Å²) in [6, 6.07) is 0. The second-order valence-corrected chi connectivity index (χ2v) is 6.97. The summed E-state index contributed by atoms with van der Waals surface area (Å²) in [6.45, 7) is 11.9. The van der Waals surface area contributed by atoms with E-state index in [1.807, 2.05) is 13.8 Å². The molecule has 1 N–H and O–H groups in total. The van der Waals surface area contributed by atoms with E-state index in [-0.39, 0.29) is 0 Å². The minimum absolute atomic E-state index is 0.390. The second kappa shape index (κ2) is 6.36. The quantitative estimate of drug-likeness (QED) is 0.822. The van der Waals surface area contributed by atoms with Crippen molar-refractivity contribution in [2.75, 3.05) is 26.7 Å². The maximum absolute atomic E-state index is 10.1. The van der Waals surface area contributed by atoms with Crippen molar-refractivity contribution in [1.29, 1.82) is 0 Å². The predicted octanol–water partition coefficient (Wildman–Crippen LogP) is 2.67. The summed E-state index contributed by atoms with van der Waals surface area (Å²) in [4.78, 5) is 2.49. The smallest absolute Gasteiger partial charge is 0.0880 e. The van der Waals surface area contributed by atoms with Gasteiger partial charge in [-0.3, -0.25) is 0 Å². The average molecular weight is 257 g/mol. The first-order chi connectivity index (χ1) is 8.27. The zero-order valence-electron chi connectivity index (χ0n) is 12.8. The fourth-order valence-corrected chi connectivity index (χ4v) is 2.49. The molecule has 0 radical (unpaired) electrons. The summed E-state index contributed by atoms with van der Waals surface area (Å²) >= 11 is 0. The van der Waals surface area contributed by atoms with Crippen molar-refractivity contribution in [3.8, 4) is 0 Å². The van der Waals surface area contributed by atoms with Gasteiger partial charge in [0.05, 0.1) is 11.7 Å². The van der Waals surface area contributed by atoms with Crippen LogP contribution in [-0.2, 0) is 4.74 Å². The van der Waals surface area contributed by atoms with Crippen molar-refractivity contribution in [2.45, 2.75) is 65.1 Å². The van der Waals surface area contributed by atoms with Crippen molar-refractivity contribution < 1.29 is 9.84 Å². The molecule has 3 heteroatoms. The van der Waals surface area contributed by atoms with Crippen molar-refractivity contribution >= 4 is 0 Å². The standard InChI is InChI=1S/C15H31NO2/c1-14(2)8-6-10-16(12-9-14)11-7-13(17)15(3,4)18-5/h13,17H,6-12H2,1-5H3. The zero-order valence-corrected chi connectivity index (χ0v) is 12.8. The molecule has 3 nitrogen and oxygen atoms in total. The zero-order chi connectivity index (χ0) is 13.8. The predicted molar refractivity (Wildman–Crippen MR) is 75.8 cm³/mol. The lowest BCUT2D eigenvalue weighted by atomic mass is 9.85. The molecule has 1 atom stereocenters. The van der Waals surface area contributed by atoms with E-state index in [4.69, 9.17) is 4.74 Å². The first-order valence-corrected chi connectivity index (χ1v) is 7.22. The van der Waals surface area contributed by atoms with E-state index in [2.05, 4.69) is 18.7 Å². The lowest BCUT2D eigenvalue weighted by Crippen LogP contribution is -2.40. The van der Waals surface area contributed by atoms with Crippen LogP contribution < -0.4 is 0 Å². The Morgan fingerprint density at radius 1 is 1.28 bits per heavy atom. The van der Waals surface area contributed by atoms with Crippen LogP contribution in [0.25, 0.3) is 0 Å². The van der Waals surface area contributed by atoms with Gasteiger partial charge in [0.25, 0.3) is 0 Å². The molecule has 0 amide bonds. The van der Waals surface area contributed by atoms with Crippen molar-refractivity contribution in [2.24, 2.45) is 5.41 Å². The lowest BCUT2D eigenvalue weighted by molar-refractivity contribution is -0.0823. The summed E-state index contributed by atoms with van der Waals surface area (Å²) in [5.41, 5.74) is 0.0459. The van der Waals surface area contributed by atoms with E-state index < -0.39 is 11.7 Å². The number of likely N-dealkylation sites (tertiary alicyclic amines) is 1.